The van der Waals surface area contributed by atoms with Crippen LogP contribution >= 0.6 is 0 Å². The monoisotopic (exact) mass is 225 g/mol. The molecule has 2 rings (SSSR count). The van der Waals surface area contributed by atoms with Gasteiger partial charge in [0, 0.05) is 19.8 Å². The number of ether oxygens (including phenoxy) is 1. The lowest BCUT2D eigenvalue weighted by atomic mass is 10.3. The Hall–Kier alpha value is -1.01. The third-order valence-electron chi connectivity index (χ3n) is 2.68. The van der Waals surface area contributed by atoms with Crippen molar-refractivity contribution in [1.82, 2.24) is 20.2 Å². The van der Waals surface area contributed by atoms with Crippen molar-refractivity contribution in [2.75, 3.05) is 13.2 Å². The standard InChI is InChI=1S/C10H19N5O/c1-8(11)10-12-13-14-15(10)5-2-6-16-7-9-3-4-9/h8-9H,2-7,11H2,1H3. The Morgan fingerprint density at radius 1 is 1.56 bits per heavy atom. The fraction of sp³-hybridized carbons (Fsp3) is 0.900. The van der Waals surface area contributed by atoms with Gasteiger partial charge in [0.1, 0.15) is 0 Å². The van der Waals surface area contributed by atoms with E-state index in [1.54, 1.807) is 4.68 Å². The zero-order valence-electron chi connectivity index (χ0n) is 9.67. The second-order valence-electron chi connectivity index (χ2n) is 4.42. The fourth-order valence-electron chi connectivity index (χ4n) is 1.55. The van der Waals surface area contributed by atoms with Crippen LogP contribution in [0.4, 0.5) is 0 Å². The number of tetrazole rings is 1. The summed E-state index contributed by atoms with van der Waals surface area (Å²) in [7, 11) is 0. The Kier molecular flexibility index (Phi) is 3.84. The number of nitrogens with zero attached hydrogens (tertiary/aromatic N) is 4. The predicted octanol–water partition coefficient (Wildman–Crippen LogP) is 0.509. The summed E-state index contributed by atoms with van der Waals surface area (Å²) in [5.74, 6) is 1.56. The Balaban J connectivity index is 1.65. The van der Waals surface area contributed by atoms with Crippen molar-refractivity contribution in [1.29, 1.82) is 0 Å². The Labute approximate surface area is 95.1 Å². The first kappa shape index (κ1) is 11.5. The smallest absolute Gasteiger partial charge is 0.167 e. The molecule has 1 fully saturated rings. The summed E-state index contributed by atoms with van der Waals surface area (Å²) in [6.45, 7) is 4.34. The van der Waals surface area contributed by atoms with Gasteiger partial charge in [-0.05, 0) is 42.5 Å². The van der Waals surface area contributed by atoms with E-state index in [0.717, 1.165) is 37.9 Å². The van der Waals surface area contributed by atoms with Crippen LogP contribution in [-0.2, 0) is 11.3 Å². The van der Waals surface area contributed by atoms with Crippen molar-refractivity contribution >= 4 is 0 Å². The van der Waals surface area contributed by atoms with Crippen LogP contribution in [0.2, 0.25) is 0 Å². The lowest BCUT2D eigenvalue weighted by Crippen LogP contribution is -2.15. The zero-order chi connectivity index (χ0) is 11.4. The molecular weight excluding hydrogens is 206 g/mol. The second kappa shape index (κ2) is 5.36. The number of aromatic nitrogens is 4. The molecule has 1 saturated carbocycles. The zero-order valence-corrected chi connectivity index (χ0v) is 9.67. The molecule has 0 saturated heterocycles. The number of rotatable bonds is 7. The molecule has 90 valence electrons. The third kappa shape index (κ3) is 3.24. The molecular formula is C10H19N5O. The van der Waals surface area contributed by atoms with E-state index in [-0.39, 0.29) is 6.04 Å². The predicted molar refractivity (Wildman–Crippen MR) is 58.6 cm³/mol. The molecule has 1 aliphatic carbocycles. The Bertz CT molecular complexity index is 321. The van der Waals surface area contributed by atoms with Crippen molar-refractivity contribution in [3.05, 3.63) is 5.82 Å². The van der Waals surface area contributed by atoms with E-state index < -0.39 is 0 Å². The summed E-state index contributed by atoms with van der Waals surface area (Å²) in [6, 6.07) is -0.123. The quantitative estimate of drug-likeness (QED) is 0.684. The van der Waals surface area contributed by atoms with Crippen LogP contribution in [0.15, 0.2) is 0 Å². The molecule has 1 atom stereocenters. The average Bonchev–Trinajstić information content (AvgIpc) is 2.94. The van der Waals surface area contributed by atoms with Gasteiger partial charge in [-0.3, -0.25) is 0 Å². The lowest BCUT2D eigenvalue weighted by Gasteiger charge is -2.07. The van der Waals surface area contributed by atoms with E-state index in [4.69, 9.17) is 10.5 Å². The van der Waals surface area contributed by atoms with Gasteiger partial charge in [-0.25, -0.2) is 4.68 Å². The molecule has 1 unspecified atom stereocenters. The summed E-state index contributed by atoms with van der Waals surface area (Å²) >= 11 is 0. The molecule has 1 aromatic rings. The highest BCUT2D eigenvalue weighted by Gasteiger charge is 2.20. The van der Waals surface area contributed by atoms with Crippen molar-refractivity contribution < 1.29 is 4.74 Å². The molecule has 0 aromatic carbocycles. The molecule has 0 amide bonds. The van der Waals surface area contributed by atoms with Crippen LogP contribution in [0.5, 0.6) is 0 Å². The van der Waals surface area contributed by atoms with Crippen LogP contribution in [0.1, 0.15) is 38.1 Å². The van der Waals surface area contributed by atoms with Crippen LogP contribution in [0, 0.1) is 5.92 Å². The molecule has 6 nitrogen and oxygen atoms in total. The maximum Gasteiger partial charge on any atom is 0.167 e. The van der Waals surface area contributed by atoms with Crippen molar-refractivity contribution in [2.45, 2.75) is 38.8 Å². The summed E-state index contributed by atoms with van der Waals surface area (Å²) in [4.78, 5) is 0. The normalized spacial score (nSPS) is 17.6. The van der Waals surface area contributed by atoms with Crippen LogP contribution in [0.3, 0.4) is 0 Å². The Morgan fingerprint density at radius 2 is 2.38 bits per heavy atom. The van der Waals surface area contributed by atoms with E-state index in [0.29, 0.717) is 0 Å². The lowest BCUT2D eigenvalue weighted by molar-refractivity contribution is 0.118. The van der Waals surface area contributed by atoms with E-state index >= 15 is 0 Å². The van der Waals surface area contributed by atoms with Gasteiger partial charge in [-0.1, -0.05) is 0 Å². The number of aryl methyl sites for hydroxylation is 1. The number of hydrogen-bond donors (Lipinski definition) is 1. The van der Waals surface area contributed by atoms with Gasteiger partial charge in [-0.2, -0.15) is 0 Å². The first-order valence-corrected chi connectivity index (χ1v) is 5.86. The van der Waals surface area contributed by atoms with Gasteiger partial charge in [0.05, 0.1) is 6.04 Å². The largest absolute Gasteiger partial charge is 0.381 e. The molecule has 16 heavy (non-hydrogen) atoms. The molecule has 0 aliphatic heterocycles. The summed E-state index contributed by atoms with van der Waals surface area (Å²) in [6.07, 6.45) is 3.60. The SMILES string of the molecule is CC(N)c1nnnn1CCCOCC1CC1. The van der Waals surface area contributed by atoms with Crippen molar-refractivity contribution in [3.8, 4) is 0 Å². The van der Waals surface area contributed by atoms with E-state index in [1.165, 1.54) is 12.8 Å². The summed E-state index contributed by atoms with van der Waals surface area (Å²) in [5.41, 5.74) is 5.74. The molecule has 1 aliphatic rings. The molecule has 0 bridgehead atoms. The van der Waals surface area contributed by atoms with Crippen molar-refractivity contribution in [3.63, 3.8) is 0 Å². The van der Waals surface area contributed by atoms with Crippen LogP contribution < -0.4 is 5.73 Å². The minimum Gasteiger partial charge on any atom is -0.381 e. The fourth-order valence-corrected chi connectivity index (χ4v) is 1.55. The third-order valence-corrected chi connectivity index (χ3v) is 2.68. The van der Waals surface area contributed by atoms with Gasteiger partial charge in [0.15, 0.2) is 5.82 Å². The minimum atomic E-state index is -0.123. The number of nitrogens with two attached hydrogens (primary N) is 1. The molecule has 0 radical (unpaired) electrons. The van der Waals surface area contributed by atoms with E-state index in [9.17, 15) is 0 Å². The van der Waals surface area contributed by atoms with E-state index in [2.05, 4.69) is 15.5 Å². The molecule has 2 N–H and O–H groups in total. The first-order valence-electron chi connectivity index (χ1n) is 5.86. The van der Waals surface area contributed by atoms with Crippen molar-refractivity contribution in [2.24, 2.45) is 11.7 Å². The topological polar surface area (TPSA) is 78.9 Å². The summed E-state index contributed by atoms with van der Waals surface area (Å²) < 4.78 is 7.30. The Morgan fingerprint density at radius 3 is 3.06 bits per heavy atom. The maximum absolute atomic E-state index is 5.74. The summed E-state index contributed by atoms with van der Waals surface area (Å²) in [5, 5.41) is 11.4. The highest BCUT2D eigenvalue weighted by atomic mass is 16.5. The van der Waals surface area contributed by atoms with Crippen LogP contribution in [0.25, 0.3) is 0 Å². The van der Waals surface area contributed by atoms with Gasteiger partial charge < -0.3 is 10.5 Å². The molecule has 1 heterocycles. The highest BCUT2D eigenvalue weighted by molar-refractivity contribution is 4.87. The van der Waals surface area contributed by atoms with E-state index in [1.807, 2.05) is 6.92 Å². The number of hydrogen-bond acceptors (Lipinski definition) is 5. The second-order valence-corrected chi connectivity index (χ2v) is 4.42. The van der Waals surface area contributed by atoms with Gasteiger partial charge >= 0.3 is 0 Å². The average molecular weight is 225 g/mol. The maximum atomic E-state index is 5.74. The van der Waals surface area contributed by atoms with Gasteiger partial charge in [0.25, 0.3) is 0 Å². The molecule has 6 heteroatoms. The first-order chi connectivity index (χ1) is 7.77. The molecule has 0 spiro atoms. The van der Waals surface area contributed by atoms with Gasteiger partial charge in [0.2, 0.25) is 0 Å². The highest BCUT2D eigenvalue weighted by Crippen LogP contribution is 2.28. The van der Waals surface area contributed by atoms with Crippen LogP contribution in [-0.4, -0.2) is 33.4 Å². The van der Waals surface area contributed by atoms with Gasteiger partial charge in [-0.15, -0.1) is 5.10 Å². The minimum absolute atomic E-state index is 0.123. The molecule has 1 aromatic heterocycles.